The Kier molecular flexibility index (Phi) is 4.86. The summed E-state index contributed by atoms with van der Waals surface area (Å²) >= 11 is 0. The van der Waals surface area contributed by atoms with Crippen molar-refractivity contribution in [2.45, 2.75) is 32.3 Å². The first-order valence-electron chi connectivity index (χ1n) is 3.96. The quantitative estimate of drug-likeness (QED) is 0.390. The monoisotopic (exact) mass is 192 g/mol. The molecule has 0 radical (unpaired) electrons. The third-order valence-electron chi connectivity index (χ3n) is 1.68. The lowest BCUT2D eigenvalue weighted by Gasteiger charge is -2.29. The van der Waals surface area contributed by atoms with Crippen LogP contribution >= 0.6 is 0 Å². The van der Waals surface area contributed by atoms with E-state index >= 15 is 0 Å². The average molecular weight is 192 g/mol. The second-order valence-corrected chi connectivity index (χ2v) is 2.91. The van der Waals surface area contributed by atoms with Crippen molar-refractivity contribution in [3.05, 3.63) is 0 Å². The molecule has 0 spiro atoms. The van der Waals surface area contributed by atoms with Gasteiger partial charge in [-0.1, -0.05) is 0 Å². The van der Waals surface area contributed by atoms with Crippen LogP contribution < -0.4 is 5.73 Å². The molecule has 6 heteroatoms. The number of hydrogen-bond donors (Lipinski definition) is 4. The van der Waals surface area contributed by atoms with E-state index in [-0.39, 0.29) is 6.54 Å². The molecule has 0 aromatic carbocycles. The molecule has 3 atom stereocenters. The summed E-state index contributed by atoms with van der Waals surface area (Å²) in [6, 6.07) is -1.11. The van der Waals surface area contributed by atoms with E-state index in [1.807, 2.05) is 0 Å². The van der Waals surface area contributed by atoms with Gasteiger partial charge in [0.15, 0.2) is 0 Å². The number of nitrogens with zero attached hydrogens (tertiary/aromatic N) is 1. The largest absolute Gasteiger partial charge is 0.480 e. The molecule has 0 saturated heterocycles. The fourth-order valence-corrected chi connectivity index (χ4v) is 0.923. The molecule has 0 aliphatic heterocycles. The van der Waals surface area contributed by atoms with Gasteiger partial charge in [0.1, 0.15) is 18.5 Å². The molecule has 0 amide bonds. The van der Waals surface area contributed by atoms with Gasteiger partial charge < -0.3 is 21.1 Å². The smallest absolute Gasteiger partial charge is 0.321 e. The van der Waals surface area contributed by atoms with Crippen LogP contribution in [0.5, 0.6) is 0 Å². The summed E-state index contributed by atoms with van der Waals surface area (Å²) < 4.78 is 0. The SMILES string of the molecule is C[C@H](O)N(C[C@@H](N)C(=O)O)[C@@H](C)O. The number of carboxylic acid groups (broad SMARTS) is 1. The minimum Gasteiger partial charge on any atom is -0.480 e. The number of carbonyl (C=O) groups is 1. The maximum atomic E-state index is 10.4. The van der Waals surface area contributed by atoms with Crippen LogP contribution in [-0.2, 0) is 4.79 Å². The Hall–Kier alpha value is -0.690. The fraction of sp³-hybridized carbons (Fsp3) is 0.857. The van der Waals surface area contributed by atoms with Gasteiger partial charge in [-0.15, -0.1) is 0 Å². The van der Waals surface area contributed by atoms with Crippen molar-refractivity contribution in [1.29, 1.82) is 0 Å². The zero-order chi connectivity index (χ0) is 10.6. The van der Waals surface area contributed by atoms with Gasteiger partial charge in [0, 0.05) is 6.54 Å². The lowest BCUT2D eigenvalue weighted by molar-refractivity contribution is -0.141. The molecule has 6 nitrogen and oxygen atoms in total. The summed E-state index contributed by atoms with van der Waals surface area (Å²) in [6.07, 6.45) is -1.85. The summed E-state index contributed by atoms with van der Waals surface area (Å²) in [5.41, 5.74) is 5.23. The maximum absolute atomic E-state index is 10.4. The third kappa shape index (κ3) is 4.18. The van der Waals surface area contributed by atoms with E-state index in [1.165, 1.54) is 18.7 Å². The van der Waals surface area contributed by atoms with Gasteiger partial charge in [-0.25, -0.2) is 0 Å². The van der Waals surface area contributed by atoms with Crippen LogP contribution in [0.4, 0.5) is 0 Å². The van der Waals surface area contributed by atoms with Crippen molar-refractivity contribution >= 4 is 5.97 Å². The van der Waals surface area contributed by atoms with Gasteiger partial charge in [0.25, 0.3) is 0 Å². The zero-order valence-electron chi connectivity index (χ0n) is 7.71. The van der Waals surface area contributed by atoms with Crippen LogP contribution in [0.15, 0.2) is 0 Å². The standard InChI is InChI=1S/C7H16N2O4/c1-4(10)9(5(2)11)3-6(8)7(12)13/h4-6,10-11H,3,8H2,1-2H3,(H,12,13)/t4-,5+,6-/m1/s1. The number of rotatable bonds is 5. The van der Waals surface area contributed by atoms with E-state index in [0.717, 1.165) is 0 Å². The van der Waals surface area contributed by atoms with Crippen molar-refractivity contribution in [1.82, 2.24) is 4.90 Å². The Labute approximate surface area is 76.6 Å². The maximum Gasteiger partial charge on any atom is 0.321 e. The number of aliphatic carboxylic acids is 1. The van der Waals surface area contributed by atoms with E-state index in [0.29, 0.717) is 0 Å². The molecule has 0 aliphatic carbocycles. The van der Waals surface area contributed by atoms with E-state index < -0.39 is 24.5 Å². The van der Waals surface area contributed by atoms with E-state index in [4.69, 9.17) is 21.1 Å². The van der Waals surface area contributed by atoms with Gasteiger partial charge in [-0.2, -0.15) is 0 Å². The number of nitrogens with two attached hydrogens (primary N) is 1. The number of aliphatic hydroxyl groups excluding tert-OH is 2. The minimum atomic E-state index is -1.16. The molecule has 0 bridgehead atoms. The Bertz CT molecular complexity index is 164. The lowest BCUT2D eigenvalue weighted by atomic mass is 10.3. The first-order chi connectivity index (χ1) is 5.86. The van der Waals surface area contributed by atoms with E-state index in [2.05, 4.69) is 0 Å². The second-order valence-electron chi connectivity index (χ2n) is 2.91. The molecule has 0 aromatic heterocycles. The normalized spacial score (nSPS) is 18.3. The van der Waals surface area contributed by atoms with Crippen molar-refractivity contribution in [2.75, 3.05) is 6.54 Å². The highest BCUT2D eigenvalue weighted by atomic mass is 16.4. The summed E-state index contributed by atoms with van der Waals surface area (Å²) in [5.74, 6) is -1.16. The highest BCUT2D eigenvalue weighted by Gasteiger charge is 2.22. The van der Waals surface area contributed by atoms with Crippen molar-refractivity contribution in [3.8, 4) is 0 Å². The number of aliphatic hydroxyl groups is 2. The fourth-order valence-electron chi connectivity index (χ4n) is 0.923. The highest BCUT2D eigenvalue weighted by Crippen LogP contribution is 2.01. The molecule has 0 rings (SSSR count). The highest BCUT2D eigenvalue weighted by molar-refractivity contribution is 5.73. The topological polar surface area (TPSA) is 107 Å². The third-order valence-corrected chi connectivity index (χ3v) is 1.68. The molecule has 5 N–H and O–H groups in total. The Morgan fingerprint density at radius 1 is 1.38 bits per heavy atom. The summed E-state index contributed by atoms with van der Waals surface area (Å²) in [5, 5.41) is 26.7. The molecule has 13 heavy (non-hydrogen) atoms. The first kappa shape index (κ1) is 12.3. The Morgan fingerprint density at radius 3 is 2.00 bits per heavy atom. The van der Waals surface area contributed by atoms with E-state index in [9.17, 15) is 4.79 Å². The first-order valence-corrected chi connectivity index (χ1v) is 3.96. The molecule has 78 valence electrons. The molecule has 0 aliphatic rings. The van der Waals surface area contributed by atoms with Crippen molar-refractivity contribution in [3.63, 3.8) is 0 Å². The molecule has 0 aromatic rings. The Morgan fingerprint density at radius 2 is 1.77 bits per heavy atom. The van der Waals surface area contributed by atoms with Gasteiger partial charge in [-0.05, 0) is 13.8 Å². The summed E-state index contributed by atoms with van der Waals surface area (Å²) in [6.45, 7) is 2.77. The van der Waals surface area contributed by atoms with Crippen LogP contribution in [0.3, 0.4) is 0 Å². The van der Waals surface area contributed by atoms with Gasteiger partial charge in [-0.3, -0.25) is 9.69 Å². The average Bonchev–Trinajstić information content (AvgIpc) is 1.97. The molecule has 0 fully saturated rings. The number of carboxylic acids is 1. The minimum absolute atomic E-state index is 0.0926. The number of hydrogen-bond acceptors (Lipinski definition) is 5. The molecule has 0 heterocycles. The van der Waals surface area contributed by atoms with Gasteiger partial charge in [0.2, 0.25) is 0 Å². The van der Waals surface area contributed by atoms with Gasteiger partial charge >= 0.3 is 5.97 Å². The lowest BCUT2D eigenvalue weighted by Crippen LogP contribution is -2.49. The predicted molar refractivity (Wildman–Crippen MR) is 45.7 cm³/mol. The predicted octanol–water partition coefficient (Wildman–Crippen LogP) is -1.62. The second kappa shape index (κ2) is 5.13. The molecular formula is C7H16N2O4. The molecule has 0 saturated carbocycles. The van der Waals surface area contributed by atoms with E-state index in [1.54, 1.807) is 0 Å². The zero-order valence-corrected chi connectivity index (χ0v) is 7.71. The summed E-state index contributed by atoms with van der Waals surface area (Å²) in [4.78, 5) is 11.5. The van der Waals surface area contributed by atoms with Crippen LogP contribution in [0, 0.1) is 0 Å². The van der Waals surface area contributed by atoms with Crippen molar-refractivity contribution in [2.24, 2.45) is 5.73 Å². The van der Waals surface area contributed by atoms with Crippen molar-refractivity contribution < 1.29 is 20.1 Å². The Balaban J connectivity index is 4.18. The van der Waals surface area contributed by atoms with Crippen LogP contribution in [0.25, 0.3) is 0 Å². The van der Waals surface area contributed by atoms with Gasteiger partial charge in [0.05, 0.1) is 0 Å². The molecule has 0 unspecified atom stereocenters. The summed E-state index contributed by atoms with van der Waals surface area (Å²) in [7, 11) is 0. The molecular weight excluding hydrogens is 176 g/mol. The van der Waals surface area contributed by atoms with Crippen LogP contribution in [0.1, 0.15) is 13.8 Å². The van der Waals surface area contributed by atoms with Crippen LogP contribution in [-0.4, -0.2) is 51.2 Å². The van der Waals surface area contributed by atoms with Crippen LogP contribution in [0.2, 0.25) is 0 Å².